The lowest BCUT2D eigenvalue weighted by molar-refractivity contribution is -0.116. The minimum atomic E-state index is -3.71. The van der Waals surface area contributed by atoms with Crippen LogP contribution in [0.5, 0.6) is 5.75 Å². The fourth-order valence-electron chi connectivity index (χ4n) is 1.24. The number of rotatable bonds is 4. The number of para-hydroxylation sites is 1. The Labute approximate surface area is 116 Å². The van der Waals surface area contributed by atoms with Gasteiger partial charge in [0.05, 0.1) is 0 Å². The first-order chi connectivity index (χ1) is 9.60. The van der Waals surface area contributed by atoms with Gasteiger partial charge < -0.3 is 4.18 Å². The molecule has 0 unspecified atom stereocenters. The molecule has 1 amide bonds. The van der Waals surface area contributed by atoms with Crippen molar-refractivity contribution in [1.29, 1.82) is 0 Å². The monoisotopic (exact) mass is 295 g/mol. The Morgan fingerprint density at radius 1 is 0.950 bits per heavy atom. The lowest BCUT2D eigenvalue weighted by Gasteiger charge is -2.05. The molecule has 0 fully saturated rings. The predicted octanol–water partition coefficient (Wildman–Crippen LogP) is 1.58. The van der Waals surface area contributed by atoms with Crippen LogP contribution in [-0.4, -0.2) is 20.0 Å². The average Bonchev–Trinajstić information content (AvgIpc) is 2.49. The number of carbonyl (C=O) groups is 1. The standard InChI is InChI=1S/C12H10O3S.CH3NO2/c13-16(14,12-9-5-2-6-10-12)15-11-7-3-1-4-8-11;3-1-2-4/h1-10H;1,4H,(H,2,3). The molecule has 2 aromatic rings. The molecular weight excluding hydrogens is 282 g/mol. The van der Waals surface area contributed by atoms with E-state index in [1.165, 1.54) is 17.6 Å². The zero-order valence-corrected chi connectivity index (χ0v) is 11.2. The summed E-state index contributed by atoms with van der Waals surface area (Å²) in [6.07, 6.45) is 0.181. The molecule has 0 bridgehead atoms. The largest absolute Gasteiger partial charge is 0.379 e. The fourth-order valence-corrected chi connectivity index (χ4v) is 2.19. The molecule has 2 aromatic carbocycles. The summed E-state index contributed by atoms with van der Waals surface area (Å²) in [7, 11) is -3.71. The predicted molar refractivity (Wildman–Crippen MR) is 71.7 cm³/mol. The maximum atomic E-state index is 11.8. The van der Waals surface area contributed by atoms with E-state index < -0.39 is 10.1 Å². The lowest BCUT2D eigenvalue weighted by atomic mass is 10.3. The molecule has 2 N–H and O–H groups in total. The van der Waals surface area contributed by atoms with Crippen LogP contribution in [0.2, 0.25) is 0 Å². The van der Waals surface area contributed by atoms with Gasteiger partial charge in [0, 0.05) is 0 Å². The van der Waals surface area contributed by atoms with Crippen molar-refractivity contribution in [2.45, 2.75) is 4.90 Å². The zero-order chi connectivity index (χ0) is 14.8. The van der Waals surface area contributed by atoms with Crippen LogP contribution in [0.15, 0.2) is 65.6 Å². The number of carbonyl (C=O) groups excluding carboxylic acids is 1. The van der Waals surface area contributed by atoms with Gasteiger partial charge in [-0.2, -0.15) is 8.42 Å². The second-order valence-corrected chi connectivity index (χ2v) is 4.96. The Balaban J connectivity index is 0.000000444. The Hall–Kier alpha value is -2.38. The van der Waals surface area contributed by atoms with Crippen LogP contribution < -0.4 is 9.66 Å². The Kier molecular flexibility index (Phi) is 6.21. The maximum absolute atomic E-state index is 11.8. The number of hydroxylamine groups is 1. The van der Waals surface area contributed by atoms with Gasteiger partial charge in [-0.05, 0) is 24.3 Å². The smallest absolute Gasteiger partial charge is 0.339 e. The molecule has 20 heavy (non-hydrogen) atoms. The minimum absolute atomic E-state index is 0.152. The molecule has 0 aliphatic carbocycles. The summed E-state index contributed by atoms with van der Waals surface area (Å²) in [5, 5.41) is 7.26. The summed E-state index contributed by atoms with van der Waals surface area (Å²) in [5.41, 5.74) is 1.25. The van der Waals surface area contributed by atoms with Crippen molar-refractivity contribution in [2.75, 3.05) is 0 Å². The molecule has 0 saturated heterocycles. The van der Waals surface area contributed by atoms with E-state index in [4.69, 9.17) is 14.2 Å². The van der Waals surface area contributed by atoms with Crippen molar-refractivity contribution < 1.29 is 22.6 Å². The van der Waals surface area contributed by atoms with Gasteiger partial charge >= 0.3 is 10.1 Å². The first-order valence-corrected chi connectivity index (χ1v) is 6.89. The van der Waals surface area contributed by atoms with Crippen LogP contribution in [0.1, 0.15) is 0 Å². The van der Waals surface area contributed by atoms with Crippen LogP contribution in [-0.2, 0) is 14.9 Å². The number of hydrogen-bond donors (Lipinski definition) is 2. The van der Waals surface area contributed by atoms with Crippen molar-refractivity contribution in [3.63, 3.8) is 0 Å². The summed E-state index contributed by atoms with van der Waals surface area (Å²) >= 11 is 0. The van der Waals surface area contributed by atoms with E-state index in [1.807, 2.05) is 0 Å². The van der Waals surface area contributed by atoms with Gasteiger partial charge in [-0.15, -0.1) is 0 Å². The number of benzene rings is 2. The lowest BCUT2D eigenvalue weighted by Crippen LogP contribution is -2.09. The van der Waals surface area contributed by atoms with Crippen LogP contribution in [0.25, 0.3) is 0 Å². The molecule has 0 aliphatic rings. The highest BCUT2D eigenvalue weighted by molar-refractivity contribution is 7.87. The average molecular weight is 295 g/mol. The molecule has 0 aromatic heterocycles. The van der Waals surface area contributed by atoms with Gasteiger partial charge in [0.1, 0.15) is 10.6 Å². The molecule has 2 rings (SSSR count). The highest BCUT2D eigenvalue weighted by Gasteiger charge is 2.15. The highest BCUT2D eigenvalue weighted by atomic mass is 32.2. The van der Waals surface area contributed by atoms with E-state index in [9.17, 15) is 8.42 Å². The first kappa shape index (κ1) is 15.7. The summed E-state index contributed by atoms with van der Waals surface area (Å²) in [6, 6.07) is 16.5. The summed E-state index contributed by atoms with van der Waals surface area (Å²) in [5.74, 6) is 0.311. The van der Waals surface area contributed by atoms with Crippen LogP contribution in [0, 0.1) is 0 Å². The molecular formula is C13H13NO5S. The van der Waals surface area contributed by atoms with Crippen LogP contribution >= 0.6 is 0 Å². The Morgan fingerprint density at radius 2 is 1.40 bits per heavy atom. The maximum Gasteiger partial charge on any atom is 0.339 e. The molecule has 0 heterocycles. The van der Waals surface area contributed by atoms with Gasteiger partial charge in [0.15, 0.2) is 0 Å². The quantitative estimate of drug-likeness (QED) is 0.386. The van der Waals surface area contributed by atoms with E-state index >= 15 is 0 Å². The van der Waals surface area contributed by atoms with Gasteiger partial charge in [-0.3, -0.25) is 10.0 Å². The molecule has 0 aliphatic heterocycles. The Bertz CT molecular complexity index is 614. The molecule has 0 atom stereocenters. The number of amides is 1. The number of hydrogen-bond acceptors (Lipinski definition) is 5. The second-order valence-electron chi connectivity index (χ2n) is 3.41. The molecule has 0 radical (unpaired) electrons. The van der Waals surface area contributed by atoms with Crippen LogP contribution in [0.4, 0.5) is 0 Å². The summed E-state index contributed by atoms with van der Waals surface area (Å²) < 4.78 is 28.5. The molecule has 0 spiro atoms. The number of nitrogens with one attached hydrogen (secondary N) is 1. The third-order valence-corrected chi connectivity index (χ3v) is 3.30. The molecule has 7 heteroatoms. The van der Waals surface area contributed by atoms with Crippen LogP contribution in [0.3, 0.4) is 0 Å². The fraction of sp³-hybridized carbons (Fsp3) is 0. The minimum Gasteiger partial charge on any atom is -0.379 e. The third-order valence-electron chi connectivity index (χ3n) is 2.03. The molecule has 106 valence electrons. The summed E-state index contributed by atoms with van der Waals surface area (Å²) in [4.78, 5) is 8.96. The van der Waals surface area contributed by atoms with Gasteiger partial charge in [0.25, 0.3) is 0 Å². The zero-order valence-electron chi connectivity index (χ0n) is 10.3. The molecule has 0 saturated carbocycles. The van der Waals surface area contributed by atoms with Gasteiger partial charge in [0.2, 0.25) is 6.41 Å². The van der Waals surface area contributed by atoms with Gasteiger partial charge in [-0.25, -0.2) is 5.48 Å². The van der Waals surface area contributed by atoms with Gasteiger partial charge in [-0.1, -0.05) is 36.4 Å². The Morgan fingerprint density at radius 3 is 1.85 bits per heavy atom. The normalized spacial score (nSPS) is 9.85. The first-order valence-electron chi connectivity index (χ1n) is 5.48. The van der Waals surface area contributed by atoms with E-state index in [1.54, 1.807) is 48.5 Å². The second kappa shape index (κ2) is 7.93. The van der Waals surface area contributed by atoms with E-state index in [2.05, 4.69) is 0 Å². The molecule has 6 nitrogen and oxygen atoms in total. The van der Waals surface area contributed by atoms with E-state index in [-0.39, 0.29) is 11.3 Å². The van der Waals surface area contributed by atoms with Crippen molar-refractivity contribution in [1.82, 2.24) is 5.48 Å². The topological polar surface area (TPSA) is 92.7 Å². The van der Waals surface area contributed by atoms with Crippen molar-refractivity contribution >= 4 is 16.5 Å². The third kappa shape index (κ3) is 5.09. The summed E-state index contributed by atoms with van der Waals surface area (Å²) in [6.45, 7) is 0. The van der Waals surface area contributed by atoms with E-state index in [0.717, 1.165) is 0 Å². The van der Waals surface area contributed by atoms with E-state index in [0.29, 0.717) is 5.75 Å². The van der Waals surface area contributed by atoms with Crippen molar-refractivity contribution in [3.8, 4) is 5.75 Å². The van der Waals surface area contributed by atoms with Crippen molar-refractivity contribution in [3.05, 3.63) is 60.7 Å². The van der Waals surface area contributed by atoms with Crippen molar-refractivity contribution in [2.24, 2.45) is 0 Å². The highest BCUT2D eigenvalue weighted by Crippen LogP contribution is 2.17. The SMILES string of the molecule is O=CNO.O=S(=O)(Oc1ccccc1)c1ccccc1.